The van der Waals surface area contributed by atoms with Crippen molar-refractivity contribution in [1.29, 1.82) is 0 Å². The lowest BCUT2D eigenvalue weighted by atomic mass is 10.2. The highest BCUT2D eigenvalue weighted by atomic mass is 32.2. The molecule has 1 aromatic rings. The van der Waals surface area contributed by atoms with Gasteiger partial charge in [0.2, 0.25) is 0 Å². The summed E-state index contributed by atoms with van der Waals surface area (Å²) in [5.41, 5.74) is 0.684. The number of aliphatic carboxylic acids is 2. The van der Waals surface area contributed by atoms with Crippen molar-refractivity contribution in [3.63, 3.8) is 0 Å². The molecule has 0 atom stereocenters. The van der Waals surface area contributed by atoms with Gasteiger partial charge in [0.1, 0.15) is 16.6 Å². The van der Waals surface area contributed by atoms with Crippen molar-refractivity contribution in [1.82, 2.24) is 4.90 Å². The molecule has 1 aliphatic rings. The number of amides is 1. The van der Waals surface area contributed by atoms with E-state index in [1.54, 1.807) is 30.3 Å². The quantitative estimate of drug-likeness (QED) is 0.585. The molecule has 1 aliphatic heterocycles. The Morgan fingerprint density at radius 2 is 1.87 bits per heavy atom. The molecule has 120 valence electrons. The van der Waals surface area contributed by atoms with E-state index in [-0.39, 0.29) is 4.32 Å². The maximum atomic E-state index is 12.1. The van der Waals surface area contributed by atoms with Crippen LogP contribution in [0.4, 0.5) is 0 Å². The average Bonchev–Trinajstić information content (AvgIpc) is 2.74. The lowest BCUT2D eigenvalue weighted by molar-refractivity contribution is -0.140. The normalized spacial score (nSPS) is 16.0. The number of carboxylic acids is 2. The smallest absolute Gasteiger partial charge is 0.341 e. The molecule has 9 heteroatoms. The van der Waals surface area contributed by atoms with Crippen molar-refractivity contribution in [2.75, 3.05) is 13.2 Å². The van der Waals surface area contributed by atoms with Gasteiger partial charge in [-0.05, 0) is 23.8 Å². The first-order valence-electron chi connectivity index (χ1n) is 6.28. The Hall–Kier alpha value is -2.39. The maximum absolute atomic E-state index is 12.1. The summed E-state index contributed by atoms with van der Waals surface area (Å²) < 4.78 is 5.20. The summed E-state index contributed by atoms with van der Waals surface area (Å²) in [7, 11) is 0. The number of thioether (sulfide) groups is 1. The third-order valence-corrected chi connectivity index (χ3v) is 4.08. The number of benzene rings is 1. The first-order valence-corrected chi connectivity index (χ1v) is 7.51. The Bertz CT molecular complexity index is 698. The van der Waals surface area contributed by atoms with E-state index < -0.39 is 31.0 Å². The summed E-state index contributed by atoms with van der Waals surface area (Å²) in [4.78, 5) is 34.6. The van der Waals surface area contributed by atoms with Gasteiger partial charge < -0.3 is 14.9 Å². The van der Waals surface area contributed by atoms with E-state index in [0.29, 0.717) is 16.2 Å². The molecule has 2 N–H and O–H groups in total. The second-order valence-corrected chi connectivity index (χ2v) is 6.09. The van der Waals surface area contributed by atoms with E-state index in [1.807, 2.05) is 0 Å². The van der Waals surface area contributed by atoms with E-state index >= 15 is 0 Å². The Labute approximate surface area is 140 Å². The van der Waals surface area contributed by atoms with Gasteiger partial charge in [0, 0.05) is 0 Å². The van der Waals surface area contributed by atoms with Crippen molar-refractivity contribution in [3.8, 4) is 5.75 Å². The minimum atomic E-state index is -1.14. The molecule has 0 aliphatic carbocycles. The fourth-order valence-electron chi connectivity index (χ4n) is 1.73. The Kier molecular flexibility index (Phi) is 5.35. The number of carbonyl (C=O) groups is 3. The minimum Gasteiger partial charge on any atom is -0.482 e. The first-order chi connectivity index (χ1) is 10.9. The predicted octanol–water partition coefficient (Wildman–Crippen LogP) is 1.44. The highest BCUT2D eigenvalue weighted by molar-refractivity contribution is 8.26. The van der Waals surface area contributed by atoms with Gasteiger partial charge in [-0.2, -0.15) is 0 Å². The second kappa shape index (κ2) is 7.25. The van der Waals surface area contributed by atoms with E-state index in [4.69, 9.17) is 27.2 Å². The lowest BCUT2D eigenvalue weighted by Gasteiger charge is -2.10. The number of nitrogens with zero attached hydrogens (tertiary/aromatic N) is 1. The fourth-order valence-corrected chi connectivity index (χ4v) is 2.98. The molecule has 2 rings (SSSR count). The zero-order valence-electron chi connectivity index (χ0n) is 11.6. The number of thiocarbonyl (C=S) groups is 1. The minimum absolute atomic E-state index is 0.199. The van der Waals surface area contributed by atoms with Crippen molar-refractivity contribution in [2.45, 2.75) is 0 Å². The van der Waals surface area contributed by atoms with Crippen LogP contribution in [0.1, 0.15) is 5.56 Å². The number of carbonyl (C=O) groups excluding carboxylic acids is 1. The van der Waals surface area contributed by atoms with Gasteiger partial charge in [0.15, 0.2) is 6.61 Å². The molecule has 1 amide bonds. The van der Waals surface area contributed by atoms with E-state index in [9.17, 15) is 14.4 Å². The van der Waals surface area contributed by atoms with Crippen LogP contribution in [0.25, 0.3) is 6.08 Å². The summed E-state index contributed by atoms with van der Waals surface area (Å²) in [6, 6.07) is 6.46. The highest BCUT2D eigenvalue weighted by Crippen LogP contribution is 2.32. The Balaban J connectivity index is 2.09. The van der Waals surface area contributed by atoms with E-state index in [1.165, 1.54) is 0 Å². The molecule has 0 radical (unpaired) electrons. The van der Waals surface area contributed by atoms with E-state index in [2.05, 4.69) is 0 Å². The number of ether oxygens (including phenoxy) is 1. The molecule has 0 aromatic heterocycles. The zero-order valence-corrected chi connectivity index (χ0v) is 13.2. The molecule has 1 saturated heterocycles. The van der Waals surface area contributed by atoms with Gasteiger partial charge in [0.05, 0.1) is 4.91 Å². The molecule has 0 bridgehead atoms. The van der Waals surface area contributed by atoms with Crippen molar-refractivity contribution in [2.24, 2.45) is 0 Å². The summed E-state index contributed by atoms with van der Waals surface area (Å²) in [5.74, 6) is -2.27. The number of hydrogen-bond donors (Lipinski definition) is 2. The molecule has 23 heavy (non-hydrogen) atoms. The van der Waals surface area contributed by atoms with Crippen LogP contribution >= 0.6 is 24.0 Å². The van der Waals surface area contributed by atoms with Crippen LogP contribution < -0.4 is 4.74 Å². The molecule has 7 nitrogen and oxygen atoms in total. The summed E-state index contributed by atoms with van der Waals surface area (Å²) in [6.45, 7) is -0.906. The van der Waals surface area contributed by atoms with Gasteiger partial charge in [-0.25, -0.2) is 4.79 Å². The van der Waals surface area contributed by atoms with Crippen LogP contribution in [0.3, 0.4) is 0 Å². The molecule has 0 unspecified atom stereocenters. The first kappa shape index (κ1) is 17.0. The summed E-state index contributed by atoms with van der Waals surface area (Å²) in [5, 5.41) is 17.3. The lowest BCUT2D eigenvalue weighted by Crippen LogP contribution is -2.33. The third kappa shape index (κ3) is 4.54. The average molecular weight is 353 g/mol. The Morgan fingerprint density at radius 1 is 1.22 bits per heavy atom. The number of hydrogen-bond acceptors (Lipinski definition) is 6. The number of rotatable bonds is 6. The van der Waals surface area contributed by atoms with Crippen LogP contribution in [0, 0.1) is 0 Å². The topological polar surface area (TPSA) is 104 Å². The zero-order chi connectivity index (χ0) is 17.0. The third-order valence-electron chi connectivity index (χ3n) is 2.71. The van der Waals surface area contributed by atoms with Gasteiger partial charge in [-0.1, -0.05) is 36.1 Å². The van der Waals surface area contributed by atoms with Gasteiger partial charge >= 0.3 is 11.9 Å². The fraction of sp³-hybridized carbons (Fsp3) is 0.143. The molecular formula is C14H11NO6S2. The van der Waals surface area contributed by atoms with Crippen LogP contribution in [0.15, 0.2) is 29.2 Å². The summed E-state index contributed by atoms with van der Waals surface area (Å²) in [6.07, 6.45) is 1.59. The highest BCUT2D eigenvalue weighted by Gasteiger charge is 2.33. The standard InChI is InChI=1S/C14H11NO6S2/c16-11(17)6-15-13(20)10(23-14(15)22)5-8-1-3-9(4-2-8)21-7-12(18)19/h1-5H,6-7H2,(H,16,17)(H,18,19)/b10-5-. The van der Waals surface area contributed by atoms with Crippen LogP contribution in [-0.2, 0) is 14.4 Å². The second-order valence-electron chi connectivity index (χ2n) is 4.41. The molecule has 1 heterocycles. The summed E-state index contributed by atoms with van der Waals surface area (Å²) >= 11 is 6.03. The molecule has 0 spiro atoms. The molecule has 0 saturated carbocycles. The van der Waals surface area contributed by atoms with Crippen molar-refractivity contribution in [3.05, 3.63) is 34.7 Å². The van der Waals surface area contributed by atoms with E-state index in [0.717, 1.165) is 16.7 Å². The number of carboxylic acid groups (broad SMARTS) is 2. The monoisotopic (exact) mass is 353 g/mol. The largest absolute Gasteiger partial charge is 0.482 e. The van der Waals surface area contributed by atoms with Gasteiger partial charge in [-0.3, -0.25) is 14.5 Å². The van der Waals surface area contributed by atoms with Crippen molar-refractivity contribution >= 4 is 52.2 Å². The predicted molar refractivity (Wildman–Crippen MR) is 87.1 cm³/mol. The molecule has 1 aromatic carbocycles. The van der Waals surface area contributed by atoms with Gasteiger partial charge in [-0.15, -0.1) is 0 Å². The molecule has 1 fully saturated rings. The van der Waals surface area contributed by atoms with Gasteiger partial charge in [0.25, 0.3) is 5.91 Å². The Morgan fingerprint density at radius 3 is 2.43 bits per heavy atom. The SMILES string of the molecule is O=C(O)COc1ccc(/C=C2\SC(=S)N(CC(=O)O)C2=O)cc1. The maximum Gasteiger partial charge on any atom is 0.341 e. The van der Waals surface area contributed by atoms with Crippen molar-refractivity contribution < 1.29 is 29.3 Å². The van der Waals surface area contributed by atoms with Crippen LogP contribution in [-0.4, -0.2) is 50.4 Å². The van der Waals surface area contributed by atoms with Crippen LogP contribution in [0.2, 0.25) is 0 Å². The molecular weight excluding hydrogens is 342 g/mol. The van der Waals surface area contributed by atoms with Crippen LogP contribution in [0.5, 0.6) is 5.75 Å².